The lowest BCUT2D eigenvalue weighted by atomic mass is 9.97. The third-order valence-electron chi connectivity index (χ3n) is 3.11. The highest BCUT2D eigenvalue weighted by Crippen LogP contribution is 2.35. The Morgan fingerprint density at radius 1 is 1.29 bits per heavy atom. The standard InChI is InChI=1S/C13H19NO3/c1-15-10-3-4-11(12(8-10)16-2)13-7-9(14)5-6-17-13/h3-4,8-9,13H,5-7,14H2,1-2H3. The van der Waals surface area contributed by atoms with Crippen molar-refractivity contribution in [2.24, 2.45) is 5.73 Å². The molecule has 0 aromatic heterocycles. The molecular formula is C13H19NO3. The summed E-state index contributed by atoms with van der Waals surface area (Å²) in [5, 5.41) is 0. The lowest BCUT2D eigenvalue weighted by Crippen LogP contribution is -2.30. The van der Waals surface area contributed by atoms with Gasteiger partial charge in [-0.3, -0.25) is 0 Å². The zero-order valence-corrected chi connectivity index (χ0v) is 10.3. The Morgan fingerprint density at radius 3 is 2.76 bits per heavy atom. The van der Waals surface area contributed by atoms with E-state index >= 15 is 0 Å². The molecule has 1 heterocycles. The summed E-state index contributed by atoms with van der Waals surface area (Å²) in [5.74, 6) is 1.58. The highest BCUT2D eigenvalue weighted by Gasteiger charge is 2.24. The molecule has 94 valence electrons. The molecule has 0 amide bonds. The van der Waals surface area contributed by atoms with E-state index in [1.54, 1.807) is 14.2 Å². The van der Waals surface area contributed by atoms with Gasteiger partial charge in [-0.05, 0) is 25.0 Å². The lowest BCUT2D eigenvalue weighted by Gasteiger charge is -2.28. The number of methoxy groups -OCH3 is 2. The predicted molar refractivity (Wildman–Crippen MR) is 65.4 cm³/mol. The Hall–Kier alpha value is -1.26. The van der Waals surface area contributed by atoms with Gasteiger partial charge in [0.2, 0.25) is 0 Å². The molecule has 2 rings (SSSR count). The summed E-state index contributed by atoms with van der Waals surface area (Å²) in [6, 6.07) is 5.99. The van der Waals surface area contributed by atoms with Crippen LogP contribution >= 0.6 is 0 Å². The van der Waals surface area contributed by atoms with E-state index < -0.39 is 0 Å². The van der Waals surface area contributed by atoms with Gasteiger partial charge in [-0.25, -0.2) is 0 Å². The summed E-state index contributed by atoms with van der Waals surface area (Å²) in [4.78, 5) is 0. The van der Waals surface area contributed by atoms with Crippen LogP contribution in [0.25, 0.3) is 0 Å². The highest BCUT2D eigenvalue weighted by atomic mass is 16.5. The fraction of sp³-hybridized carbons (Fsp3) is 0.538. The van der Waals surface area contributed by atoms with Crippen LogP contribution in [0, 0.1) is 0 Å². The van der Waals surface area contributed by atoms with Crippen LogP contribution in [0.15, 0.2) is 18.2 Å². The van der Waals surface area contributed by atoms with Gasteiger partial charge in [-0.15, -0.1) is 0 Å². The van der Waals surface area contributed by atoms with Crippen molar-refractivity contribution < 1.29 is 14.2 Å². The second-order valence-corrected chi connectivity index (χ2v) is 4.25. The van der Waals surface area contributed by atoms with Crippen molar-refractivity contribution >= 4 is 0 Å². The lowest BCUT2D eigenvalue weighted by molar-refractivity contribution is 0.00538. The van der Waals surface area contributed by atoms with Gasteiger partial charge in [-0.1, -0.05) is 0 Å². The van der Waals surface area contributed by atoms with Gasteiger partial charge in [0.1, 0.15) is 11.5 Å². The summed E-state index contributed by atoms with van der Waals surface area (Å²) < 4.78 is 16.3. The monoisotopic (exact) mass is 237 g/mol. The summed E-state index contributed by atoms with van der Waals surface area (Å²) in [7, 11) is 3.29. The molecule has 2 unspecified atom stereocenters. The van der Waals surface area contributed by atoms with Gasteiger partial charge < -0.3 is 19.9 Å². The summed E-state index contributed by atoms with van der Waals surface area (Å²) >= 11 is 0. The average molecular weight is 237 g/mol. The molecular weight excluding hydrogens is 218 g/mol. The molecule has 1 saturated heterocycles. The van der Waals surface area contributed by atoms with Crippen molar-refractivity contribution in [1.29, 1.82) is 0 Å². The van der Waals surface area contributed by atoms with Crippen LogP contribution < -0.4 is 15.2 Å². The van der Waals surface area contributed by atoms with Gasteiger partial charge >= 0.3 is 0 Å². The molecule has 1 fully saturated rings. The van der Waals surface area contributed by atoms with Crippen LogP contribution in [0.1, 0.15) is 24.5 Å². The first-order valence-corrected chi connectivity index (χ1v) is 5.83. The molecule has 2 atom stereocenters. The van der Waals surface area contributed by atoms with Crippen LogP contribution in [-0.2, 0) is 4.74 Å². The molecule has 0 bridgehead atoms. The van der Waals surface area contributed by atoms with E-state index in [1.165, 1.54) is 0 Å². The van der Waals surface area contributed by atoms with Crippen LogP contribution in [0.3, 0.4) is 0 Å². The molecule has 0 saturated carbocycles. The molecule has 0 radical (unpaired) electrons. The van der Waals surface area contributed by atoms with E-state index in [-0.39, 0.29) is 12.1 Å². The maximum absolute atomic E-state index is 5.96. The number of hydrogen-bond donors (Lipinski definition) is 1. The number of rotatable bonds is 3. The average Bonchev–Trinajstić information content (AvgIpc) is 2.38. The van der Waals surface area contributed by atoms with Gasteiger partial charge in [0.15, 0.2) is 0 Å². The molecule has 0 spiro atoms. The quantitative estimate of drug-likeness (QED) is 0.872. The van der Waals surface area contributed by atoms with E-state index in [0.29, 0.717) is 6.61 Å². The molecule has 1 aromatic carbocycles. The summed E-state index contributed by atoms with van der Waals surface area (Å²) in [5.41, 5.74) is 7.01. The molecule has 17 heavy (non-hydrogen) atoms. The highest BCUT2D eigenvalue weighted by molar-refractivity contribution is 5.42. The maximum atomic E-state index is 5.96. The Balaban J connectivity index is 2.24. The predicted octanol–water partition coefficient (Wildman–Crippen LogP) is 1.88. The van der Waals surface area contributed by atoms with E-state index in [0.717, 1.165) is 29.9 Å². The van der Waals surface area contributed by atoms with Crippen LogP contribution in [0.5, 0.6) is 11.5 Å². The first-order chi connectivity index (χ1) is 8.24. The third kappa shape index (κ3) is 2.70. The number of hydrogen-bond acceptors (Lipinski definition) is 4. The van der Waals surface area contributed by atoms with Crippen molar-refractivity contribution in [3.63, 3.8) is 0 Å². The van der Waals surface area contributed by atoms with E-state index in [2.05, 4.69) is 0 Å². The van der Waals surface area contributed by atoms with Gasteiger partial charge in [0.05, 0.1) is 20.3 Å². The molecule has 4 heteroatoms. The fourth-order valence-electron chi connectivity index (χ4n) is 2.12. The molecule has 2 N–H and O–H groups in total. The van der Waals surface area contributed by atoms with Crippen molar-refractivity contribution in [3.8, 4) is 11.5 Å². The zero-order chi connectivity index (χ0) is 12.3. The normalized spacial score (nSPS) is 24.4. The smallest absolute Gasteiger partial charge is 0.128 e. The topological polar surface area (TPSA) is 53.7 Å². The minimum absolute atomic E-state index is 0.0274. The van der Waals surface area contributed by atoms with Crippen molar-refractivity contribution in [3.05, 3.63) is 23.8 Å². The Bertz CT molecular complexity index is 381. The molecule has 1 aliphatic rings. The first kappa shape index (κ1) is 12.2. The van der Waals surface area contributed by atoms with Gasteiger partial charge in [0, 0.05) is 24.3 Å². The summed E-state index contributed by atoms with van der Waals surface area (Å²) in [6.45, 7) is 0.709. The molecule has 1 aliphatic heterocycles. The largest absolute Gasteiger partial charge is 0.497 e. The first-order valence-electron chi connectivity index (χ1n) is 5.83. The summed E-state index contributed by atoms with van der Waals surface area (Å²) in [6.07, 6.45) is 1.79. The Labute approximate surface area is 102 Å². The zero-order valence-electron chi connectivity index (χ0n) is 10.3. The van der Waals surface area contributed by atoms with Gasteiger partial charge in [-0.2, -0.15) is 0 Å². The molecule has 4 nitrogen and oxygen atoms in total. The second kappa shape index (κ2) is 5.38. The minimum Gasteiger partial charge on any atom is -0.497 e. The number of nitrogens with two attached hydrogens (primary N) is 1. The van der Waals surface area contributed by atoms with Crippen molar-refractivity contribution in [1.82, 2.24) is 0 Å². The number of ether oxygens (including phenoxy) is 3. The van der Waals surface area contributed by atoms with Crippen molar-refractivity contribution in [2.45, 2.75) is 25.0 Å². The van der Waals surface area contributed by atoms with E-state index in [4.69, 9.17) is 19.9 Å². The van der Waals surface area contributed by atoms with Crippen LogP contribution in [0.4, 0.5) is 0 Å². The fourth-order valence-corrected chi connectivity index (χ4v) is 2.12. The number of benzene rings is 1. The van der Waals surface area contributed by atoms with E-state index in [1.807, 2.05) is 18.2 Å². The second-order valence-electron chi connectivity index (χ2n) is 4.25. The maximum Gasteiger partial charge on any atom is 0.128 e. The minimum atomic E-state index is 0.0274. The van der Waals surface area contributed by atoms with E-state index in [9.17, 15) is 0 Å². The van der Waals surface area contributed by atoms with Crippen LogP contribution in [0.2, 0.25) is 0 Å². The molecule has 1 aromatic rings. The Morgan fingerprint density at radius 2 is 2.12 bits per heavy atom. The molecule has 0 aliphatic carbocycles. The van der Waals surface area contributed by atoms with Gasteiger partial charge in [0.25, 0.3) is 0 Å². The van der Waals surface area contributed by atoms with Crippen LogP contribution in [-0.4, -0.2) is 26.9 Å². The third-order valence-corrected chi connectivity index (χ3v) is 3.11. The SMILES string of the molecule is COc1ccc(C2CC(N)CCO2)c(OC)c1. The van der Waals surface area contributed by atoms with Crippen molar-refractivity contribution in [2.75, 3.05) is 20.8 Å². The Kier molecular flexibility index (Phi) is 3.86.